The van der Waals surface area contributed by atoms with Crippen molar-refractivity contribution in [3.63, 3.8) is 0 Å². The smallest absolute Gasteiger partial charge is 0.224 e. The lowest BCUT2D eigenvalue weighted by molar-refractivity contribution is -0.121. The highest BCUT2D eigenvalue weighted by molar-refractivity contribution is 6.18. The summed E-state index contributed by atoms with van der Waals surface area (Å²) in [6.45, 7) is 3.90. The van der Waals surface area contributed by atoms with Crippen molar-refractivity contribution in [1.29, 1.82) is 0 Å². The molecule has 1 amide bonds. The summed E-state index contributed by atoms with van der Waals surface area (Å²) in [6, 6.07) is 3.31. The molecule has 0 saturated carbocycles. The standard InChI is InChI=1S/C13H16ClF2NO/c1-8(2)12(7-14)17-13(18)6-9-3-4-10(15)11(16)5-9/h3-5,8,12H,6-7H2,1-2H3,(H,17,18). The molecule has 5 heteroatoms. The van der Waals surface area contributed by atoms with Gasteiger partial charge < -0.3 is 5.32 Å². The minimum atomic E-state index is -0.946. The number of alkyl halides is 1. The van der Waals surface area contributed by atoms with Gasteiger partial charge in [0, 0.05) is 11.9 Å². The van der Waals surface area contributed by atoms with E-state index in [2.05, 4.69) is 5.32 Å². The Kier molecular flexibility index (Phi) is 5.54. The molecule has 0 aliphatic rings. The Hall–Kier alpha value is -1.16. The number of hydrogen-bond acceptors (Lipinski definition) is 1. The average molecular weight is 276 g/mol. The third-order valence-electron chi connectivity index (χ3n) is 2.67. The van der Waals surface area contributed by atoms with Crippen LogP contribution in [0.1, 0.15) is 19.4 Å². The summed E-state index contributed by atoms with van der Waals surface area (Å²) in [4.78, 5) is 11.7. The van der Waals surface area contributed by atoms with Gasteiger partial charge in [-0.15, -0.1) is 11.6 Å². The van der Waals surface area contributed by atoms with Gasteiger partial charge in [0.2, 0.25) is 5.91 Å². The predicted octanol–water partition coefficient (Wildman–Crippen LogP) is 2.89. The van der Waals surface area contributed by atoms with Gasteiger partial charge in [0.05, 0.1) is 6.42 Å². The Morgan fingerprint density at radius 1 is 1.33 bits per heavy atom. The van der Waals surface area contributed by atoms with E-state index in [9.17, 15) is 13.6 Å². The summed E-state index contributed by atoms with van der Waals surface area (Å²) >= 11 is 5.73. The second-order valence-electron chi connectivity index (χ2n) is 4.50. The van der Waals surface area contributed by atoms with Crippen LogP contribution in [-0.2, 0) is 11.2 Å². The number of benzene rings is 1. The van der Waals surface area contributed by atoms with E-state index in [1.165, 1.54) is 6.07 Å². The van der Waals surface area contributed by atoms with Crippen molar-refractivity contribution in [3.05, 3.63) is 35.4 Å². The number of carbonyl (C=O) groups excluding carboxylic acids is 1. The third kappa shape index (κ3) is 4.26. The first kappa shape index (κ1) is 14.9. The van der Waals surface area contributed by atoms with E-state index in [0.29, 0.717) is 11.4 Å². The second-order valence-corrected chi connectivity index (χ2v) is 4.81. The third-order valence-corrected chi connectivity index (χ3v) is 3.00. The summed E-state index contributed by atoms with van der Waals surface area (Å²) in [6.07, 6.45) is 0.0112. The number of halogens is 3. The zero-order chi connectivity index (χ0) is 13.7. The SMILES string of the molecule is CC(C)C(CCl)NC(=O)Cc1ccc(F)c(F)c1. The molecule has 1 rings (SSSR count). The zero-order valence-electron chi connectivity index (χ0n) is 10.3. The van der Waals surface area contributed by atoms with Gasteiger partial charge in [-0.1, -0.05) is 19.9 Å². The van der Waals surface area contributed by atoms with Crippen LogP contribution in [0.15, 0.2) is 18.2 Å². The minimum absolute atomic E-state index is 0.0112. The average Bonchev–Trinajstić information content (AvgIpc) is 2.30. The molecule has 1 aromatic carbocycles. The Balaban J connectivity index is 2.61. The fraction of sp³-hybridized carbons (Fsp3) is 0.462. The van der Waals surface area contributed by atoms with E-state index in [0.717, 1.165) is 12.1 Å². The maximum Gasteiger partial charge on any atom is 0.224 e. The quantitative estimate of drug-likeness (QED) is 0.823. The maximum atomic E-state index is 13.0. The Morgan fingerprint density at radius 3 is 2.50 bits per heavy atom. The van der Waals surface area contributed by atoms with E-state index in [4.69, 9.17) is 11.6 Å². The highest BCUT2D eigenvalue weighted by Gasteiger charge is 2.15. The first-order chi connectivity index (χ1) is 8.43. The van der Waals surface area contributed by atoms with Crippen LogP contribution in [0.4, 0.5) is 8.78 Å². The Bertz CT molecular complexity index is 423. The van der Waals surface area contributed by atoms with Crippen LogP contribution in [0.5, 0.6) is 0 Å². The number of carbonyl (C=O) groups is 1. The van der Waals surface area contributed by atoms with Gasteiger partial charge in [-0.05, 0) is 23.6 Å². The molecule has 1 unspecified atom stereocenters. The number of rotatable bonds is 5. The fourth-order valence-corrected chi connectivity index (χ4v) is 1.91. The van der Waals surface area contributed by atoms with Crippen molar-refractivity contribution in [2.75, 3.05) is 5.88 Å². The van der Waals surface area contributed by atoms with Gasteiger partial charge in [0.15, 0.2) is 11.6 Å². The second kappa shape index (κ2) is 6.69. The van der Waals surface area contributed by atoms with Crippen molar-refractivity contribution in [2.45, 2.75) is 26.3 Å². The summed E-state index contributed by atoms with van der Waals surface area (Å²) < 4.78 is 25.7. The molecule has 0 bridgehead atoms. The molecule has 0 aliphatic heterocycles. The van der Waals surface area contributed by atoms with Crippen molar-refractivity contribution in [1.82, 2.24) is 5.32 Å². The molecule has 0 radical (unpaired) electrons. The molecular weight excluding hydrogens is 260 g/mol. The predicted molar refractivity (Wildman–Crippen MR) is 67.6 cm³/mol. The highest BCUT2D eigenvalue weighted by atomic mass is 35.5. The van der Waals surface area contributed by atoms with Gasteiger partial charge in [0.1, 0.15) is 0 Å². The zero-order valence-corrected chi connectivity index (χ0v) is 11.1. The Morgan fingerprint density at radius 2 is 2.00 bits per heavy atom. The molecule has 0 saturated heterocycles. The number of hydrogen-bond donors (Lipinski definition) is 1. The van der Waals surface area contributed by atoms with Crippen molar-refractivity contribution < 1.29 is 13.6 Å². The normalized spacial score (nSPS) is 12.6. The lowest BCUT2D eigenvalue weighted by Gasteiger charge is -2.19. The molecule has 0 aromatic heterocycles. The van der Waals surface area contributed by atoms with Crippen LogP contribution in [0.3, 0.4) is 0 Å². The van der Waals surface area contributed by atoms with Crippen LogP contribution >= 0.6 is 11.6 Å². The van der Waals surface area contributed by atoms with Gasteiger partial charge in [0.25, 0.3) is 0 Å². The molecule has 18 heavy (non-hydrogen) atoms. The molecule has 0 aliphatic carbocycles. The monoisotopic (exact) mass is 275 g/mol. The van der Waals surface area contributed by atoms with Gasteiger partial charge in [-0.2, -0.15) is 0 Å². The first-order valence-electron chi connectivity index (χ1n) is 5.73. The number of amides is 1. The molecule has 0 fully saturated rings. The molecule has 0 spiro atoms. The highest BCUT2D eigenvalue weighted by Crippen LogP contribution is 2.10. The molecule has 0 heterocycles. The fourth-order valence-electron chi connectivity index (χ4n) is 1.48. The Labute approximate surface area is 110 Å². The number of nitrogens with one attached hydrogen (secondary N) is 1. The van der Waals surface area contributed by atoms with Gasteiger partial charge in [-0.25, -0.2) is 8.78 Å². The van der Waals surface area contributed by atoms with Crippen molar-refractivity contribution in [2.24, 2.45) is 5.92 Å². The largest absolute Gasteiger partial charge is 0.352 e. The molecule has 1 N–H and O–H groups in total. The first-order valence-corrected chi connectivity index (χ1v) is 6.26. The molecule has 2 nitrogen and oxygen atoms in total. The van der Waals surface area contributed by atoms with E-state index in [1.807, 2.05) is 13.8 Å². The summed E-state index contributed by atoms with van der Waals surface area (Å²) in [5.41, 5.74) is 0.434. The van der Waals surface area contributed by atoms with Crippen LogP contribution in [0.2, 0.25) is 0 Å². The molecular formula is C13H16ClF2NO. The van der Waals surface area contributed by atoms with Crippen LogP contribution in [0.25, 0.3) is 0 Å². The molecule has 1 atom stereocenters. The van der Waals surface area contributed by atoms with Crippen LogP contribution < -0.4 is 5.32 Å². The van der Waals surface area contributed by atoms with E-state index in [1.54, 1.807) is 0 Å². The van der Waals surface area contributed by atoms with Crippen molar-refractivity contribution in [3.8, 4) is 0 Å². The summed E-state index contributed by atoms with van der Waals surface area (Å²) in [7, 11) is 0. The van der Waals surface area contributed by atoms with Gasteiger partial charge in [-0.3, -0.25) is 4.79 Å². The summed E-state index contributed by atoms with van der Waals surface area (Å²) in [5.74, 6) is -1.57. The van der Waals surface area contributed by atoms with Crippen LogP contribution in [0, 0.1) is 17.6 Å². The maximum absolute atomic E-state index is 13.0. The lowest BCUT2D eigenvalue weighted by Crippen LogP contribution is -2.40. The molecule has 1 aromatic rings. The van der Waals surface area contributed by atoms with E-state index >= 15 is 0 Å². The van der Waals surface area contributed by atoms with Gasteiger partial charge >= 0.3 is 0 Å². The minimum Gasteiger partial charge on any atom is -0.352 e. The summed E-state index contributed by atoms with van der Waals surface area (Å²) in [5, 5.41) is 2.76. The van der Waals surface area contributed by atoms with Crippen LogP contribution in [-0.4, -0.2) is 17.8 Å². The van der Waals surface area contributed by atoms with E-state index < -0.39 is 11.6 Å². The molecule has 100 valence electrons. The topological polar surface area (TPSA) is 29.1 Å². The van der Waals surface area contributed by atoms with Crippen molar-refractivity contribution >= 4 is 17.5 Å². The lowest BCUT2D eigenvalue weighted by atomic mass is 10.1. The van der Waals surface area contributed by atoms with E-state index in [-0.39, 0.29) is 24.3 Å².